The summed E-state index contributed by atoms with van der Waals surface area (Å²) < 4.78 is 0. The fourth-order valence-corrected chi connectivity index (χ4v) is 8.69. The molecule has 0 aromatic rings. The molecule has 1 nitrogen and oxygen atoms in total. The van der Waals surface area contributed by atoms with Crippen LogP contribution in [0.3, 0.4) is 0 Å². The molecule has 142 valence electrons. The van der Waals surface area contributed by atoms with Gasteiger partial charge in [0.2, 0.25) is 0 Å². The quantitative estimate of drug-likeness (QED) is 0.558. The van der Waals surface area contributed by atoms with Crippen LogP contribution in [0.2, 0.25) is 0 Å². The molecule has 0 amide bonds. The Labute approximate surface area is 155 Å². The number of hydrogen-bond acceptors (Lipinski definition) is 1. The first kappa shape index (κ1) is 18.1. The summed E-state index contributed by atoms with van der Waals surface area (Å²) in [5, 5.41) is 0. The fraction of sp³-hybridized carbons (Fsp3) is 0.958. The van der Waals surface area contributed by atoms with Crippen molar-refractivity contribution in [2.45, 2.75) is 92.4 Å². The van der Waals surface area contributed by atoms with Crippen LogP contribution in [0.5, 0.6) is 0 Å². The zero-order chi connectivity index (χ0) is 18.0. The van der Waals surface area contributed by atoms with Gasteiger partial charge < -0.3 is 0 Å². The van der Waals surface area contributed by atoms with Crippen LogP contribution < -0.4 is 0 Å². The second kappa shape index (κ2) is 6.10. The third-order valence-electron chi connectivity index (χ3n) is 10.2. The molecule has 25 heavy (non-hydrogen) atoms. The van der Waals surface area contributed by atoms with Crippen molar-refractivity contribution in [3.63, 3.8) is 0 Å². The molecular formula is C24H40O. The molecule has 3 unspecified atom stereocenters. The van der Waals surface area contributed by atoms with Gasteiger partial charge >= 0.3 is 0 Å². The molecule has 4 rings (SSSR count). The van der Waals surface area contributed by atoms with Gasteiger partial charge in [-0.25, -0.2) is 0 Å². The van der Waals surface area contributed by atoms with Crippen LogP contribution >= 0.6 is 0 Å². The lowest BCUT2D eigenvalue weighted by atomic mass is 9.42. The summed E-state index contributed by atoms with van der Waals surface area (Å²) in [5.41, 5.74) is 1.05. The van der Waals surface area contributed by atoms with Crippen molar-refractivity contribution >= 4 is 5.78 Å². The van der Waals surface area contributed by atoms with E-state index in [0.29, 0.717) is 22.5 Å². The van der Waals surface area contributed by atoms with E-state index in [4.69, 9.17) is 0 Å². The predicted molar refractivity (Wildman–Crippen MR) is 104 cm³/mol. The smallest absolute Gasteiger partial charge is 0.133 e. The van der Waals surface area contributed by atoms with E-state index >= 15 is 0 Å². The maximum absolute atomic E-state index is 12.1. The van der Waals surface area contributed by atoms with Gasteiger partial charge in [0.05, 0.1) is 0 Å². The number of fused-ring (bicyclic) bond motifs is 5. The number of hydrogen-bond donors (Lipinski definition) is 0. The van der Waals surface area contributed by atoms with Crippen LogP contribution in [0.1, 0.15) is 92.4 Å². The van der Waals surface area contributed by atoms with Crippen molar-refractivity contribution in [1.29, 1.82) is 0 Å². The highest BCUT2D eigenvalue weighted by Gasteiger charge is 2.62. The van der Waals surface area contributed by atoms with Gasteiger partial charge in [-0.2, -0.15) is 0 Å². The van der Waals surface area contributed by atoms with E-state index in [1.807, 2.05) is 0 Å². The highest BCUT2D eigenvalue weighted by Crippen LogP contribution is 2.69. The Kier molecular flexibility index (Phi) is 4.40. The summed E-state index contributed by atoms with van der Waals surface area (Å²) in [6, 6.07) is 0. The lowest BCUT2D eigenvalue weighted by Crippen LogP contribution is -2.56. The molecule has 0 radical (unpaired) electrons. The standard InChI is InChI=1S/C24H40O/c1-6-15(2)19-7-8-20-22-16(3)13-17-14-18(25)9-11-23(17,4)21(22)10-12-24(19,20)5/h15-17,19-22H,6-14H2,1-5H3/t15-,16-,17+,19-,20?,21?,22?,23+,24-/m1/s1. The van der Waals surface area contributed by atoms with Crippen molar-refractivity contribution in [3.8, 4) is 0 Å². The summed E-state index contributed by atoms with van der Waals surface area (Å²) in [5.74, 6) is 6.68. The first-order valence-electron chi connectivity index (χ1n) is 11.3. The Morgan fingerprint density at radius 3 is 2.52 bits per heavy atom. The Morgan fingerprint density at radius 2 is 1.80 bits per heavy atom. The predicted octanol–water partition coefficient (Wildman–Crippen LogP) is 6.51. The number of rotatable bonds is 2. The minimum absolute atomic E-state index is 0.459. The summed E-state index contributed by atoms with van der Waals surface area (Å²) >= 11 is 0. The molecule has 0 aliphatic heterocycles. The van der Waals surface area contributed by atoms with Crippen LogP contribution in [-0.2, 0) is 4.79 Å². The van der Waals surface area contributed by atoms with Crippen LogP contribution in [0, 0.1) is 52.3 Å². The number of ketones is 1. The molecule has 1 heteroatoms. The summed E-state index contributed by atoms with van der Waals surface area (Å²) in [4.78, 5) is 12.1. The molecule has 4 saturated carbocycles. The van der Waals surface area contributed by atoms with Crippen molar-refractivity contribution < 1.29 is 4.79 Å². The molecule has 0 aromatic heterocycles. The molecule has 4 aliphatic rings. The number of Topliss-reactive ketones (excluding diaryl/α,β-unsaturated/α-hetero) is 1. The second-order valence-electron chi connectivity index (χ2n) is 11.1. The maximum atomic E-state index is 12.1. The van der Waals surface area contributed by atoms with E-state index in [1.54, 1.807) is 0 Å². The van der Waals surface area contributed by atoms with Crippen LogP contribution in [-0.4, -0.2) is 5.78 Å². The van der Waals surface area contributed by atoms with Crippen molar-refractivity contribution in [2.75, 3.05) is 0 Å². The highest BCUT2D eigenvalue weighted by molar-refractivity contribution is 5.79. The lowest BCUT2D eigenvalue weighted by Gasteiger charge is -2.62. The highest BCUT2D eigenvalue weighted by atomic mass is 16.1. The van der Waals surface area contributed by atoms with Gasteiger partial charge in [-0.1, -0.05) is 41.0 Å². The molecule has 0 N–H and O–H groups in total. The number of carbonyl (C=O) groups excluding carboxylic acids is 1. The van der Waals surface area contributed by atoms with E-state index in [0.717, 1.165) is 48.3 Å². The van der Waals surface area contributed by atoms with Crippen molar-refractivity contribution in [1.82, 2.24) is 0 Å². The fourth-order valence-electron chi connectivity index (χ4n) is 8.69. The third kappa shape index (κ3) is 2.50. The van der Waals surface area contributed by atoms with Gasteiger partial charge in [-0.05, 0) is 90.8 Å². The molecule has 0 spiro atoms. The summed E-state index contributed by atoms with van der Waals surface area (Å²) in [7, 11) is 0. The van der Waals surface area contributed by atoms with Gasteiger partial charge in [0.25, 0.3) is 0 Å². The molecule has 0 saturated heterocycles. The van der Waals surface area contributed by atoms with Gasteiger partial charge in [0, 0.05) is 12.8 Å². The number of carbonyl (C=O) groups is 1. The van der Waals surface area contributed by atoms with Gasteiger partial charge in [0.15, 0.2) is 0 Å². The van der Waals surface area contributed by atoms with E-state index in [1.165, 1.54) is 44.9 Å². The Balaban J connectivity index is 1.64. The van der Waals surface area contributed by atoms with Gasteiger partial charge in [0.1, 0.15) is 5.78 Å². The second-order valence-corrected chi connectivity index (χ2v) is 11.1. The average Bonchev–Trinajstić information content (AvgIpc) is 2.93. The minimum atomic E-state index is 0.459. The summed E-state index contributed by atoms with van der Waals surface area (Å²) in [6.07, 6.45) is 11.5. The van der Waals surface area contributed by atoms with Gasteiger partial charge in [-0.3, -0.25) is 4.79 Å². The first-order valence-corrected chi connectivity index (χ1v) is 11.3. The molecule has 0 aromatic carbocycles. The maximum Gasteiger partial charge on any atom is 0.133 e. The normalized spacial score (nSPS) is 53.7. The molecule has 4 fully saturated rings. The monoisotopic (exact) mass is 344 g/mol. The van der Waals surface area contributed by atoms with E-state index < -0.39 is 0 Å². The van der Waals surface area contributed by atoms with Crippen molar-refractivity contribution in [2.24, 2.45) is 52.3 Å². The lowest BCUT2D eigenvalue weighted by molar-refractivity contribution is -0.150. The van der Waals surface area contributed by atoms with Crippen molar-refractivity contribution in [3.05, 3.63) is 0 Å². The van der Waals surface area contributed by atoms with Gasteiger partial charge in [-0.15, -0.1) is 0 Å². The molecule has 4 aliphatic carbocycles. The molecular weight excluding hydrogens is 304 g/mol. The first-order chi connectivity index (χ1) is 11.8. The van der Waals surface area contributed by atoms with E-state index in [9.17, 15) is 4.79 Å². The molecule has 9 atom stereocenters. The minimum Gasteiger partial charge on any atom is -0.300 e. The van der Waals surface area contributed by atoms with Crippen LogP contribution in [0.4, 0.5) is 0 Å². The van der Waals surface area contributed by atoms with E-state index in [-0.39, 0.29) is 0 Å². The molecule has 0 heterocycles. The Hall–Kier alpha value is -0.330. The Morgan fingerprint density at radius 1 is 1.08 bits per heavy atom. The largest absolute Gasteiger partial charge is 0.300 e. The van der Waals surface area contributed by atoms with Crippen LogP contribution in [0.25, 0.3) is 0 Å². The van der Waals surface area contributed by atoms with E-state index in [2.05, 4.69) is 34.6 Å². The average molecular weight is 345 g/mol. The SMILES string of the molecule is CC[C@@H](C)[C@H]1CCC2C3C(CC[C@@]21C)[C@@]1(C)CCC(=O)C[C@@H]1C[C@H]3C. The Bertz CT molecular complexity index is 538. The summed E-state index contributed by atoms with van der Waals surface area (Å²) in [6.45, 7) is 12.7. The zero-order valence-electron chi connectivity index (χ0n) is 17.3. The topological polar surface area (TPSA) is 17.1 Å². The third-order valence-corrected chi connectivity index (χ3v) is 10.2. The zero-order valence-corrected chi connectivity index (χ0v) is 17.3. The molecule has 0 bridgehead atoms. The van der Waals surface area contributed by atoms with Crippen LogP contribution in [0.15, 0.2) is 0 Å².